The number of carbonyl (C=O) groups excluding carboxylic acids is 2. The summed E-state index contributed by atoms with van der Waals surface area (Å²) >= 11 is 0. The summed E-state index contributed by atoms with van der Waals surface area (Å²) in [6.45, 7) is 0. The highest BCUT2D eigenvalue weighted by atomic mass is 16.6. The van der Waals surface area contributed by atoms with Gasteiger partial charge in [-0.3, -0.25) is 0 Å². The molecule has 0 radical (unpaired) electrons. The van der Waals surface area contributed by atoms with Crippen LogP contribution in [0.3, 0.4) is 0 Å². The Balaban J connectivity index is 1.93. The summed E-state index contributed by atoms with van der Waals surface area (Å²) in [6.07, 6.45) is 4.76. The van der Waals surface area contributed by atoms with Crippen molar-refractivity contribution in [1.29, 1.82) is 0 Å². The minimum absolute atomic E-state index is 0.231. The second kappa shape index (κ2) is 7.51. The molecule has 25 heavy (non-hydrogen) atoms. The minimum Gasteiger partial charge on any atom is -0.465 e. The van der Waals surface area contributed by atoms with Gasteiger partial charge in [0, 0.05) is 0 Å². The van der Waals surface area contributed by atoms with Crippen molar-refractivity contribution in [2.24, 2.45) is 0 Å². The SMILES string of the molecule is COC(=O)c1ccccc1C(=O)OC1(c2ccccc2)CCCCC1. The first-order valence-corrected chi connectivity index (χ1v) is 8.62. The summed E-state index contributed by atoms with van der Waals surface area (Å²) in [7, 11) is 1.30. The lowest BCUT2D eigenvalue weighted by molar-refractivity contribution is -0.0418. The van der Waals surface area contributed by atoms with Crippen molar-refractivity contribution in [3.63, 3.8) is 0 Å². The molecule has 1 fully saturated rings. The van der Waals surface area contributed by atoms with Gasteiger partial charge in [-0.15, -0.1) is 0 Å². The van der Waals surface area contributed by atoms with Crippen LogP contribution in [0.25, 0.3) is 0 Å². The van der Waals surface area contributed by atoms with E-state index in [0.29, 0.717) is 0 Å². The Kier molecular flexibility index (Phi) is 5.17. The van der Waals surface area contributed by atoms with Crippen molar-refractivity contribution >= 4 is 11.9 Å². The van der Waals surface area contributed by atoms with Crippen LogP contribution in [0.5, 0.6) is 0 Å². The van der Waals surface area contributed by atoms with Crippen molar-refractivity contribution < 1.29 is 19.1 Å². The third-order valence-corrected chi connectivity index (χ3v) is 4.80. The predicted molar refractivity (Wildman–Crippen MR) is 94.4 cm³/mol. The van der Waals surface area contributed by atoms with Gasteiger partial charge in [0.05, 0.1) is 18.2 Å². The number of carbonyl (C=O) groups is 2. The Hall–Kier alpha value is -2.62. The van der Waals surface area contributed by atoms with Gasteiger partial charge < -0.3 is 9.47 Å². The van der Waals surface area contributed by atoms with E-state index >= 15 is 0 Å². The van der Waals surface area contributed by atoms with Gasteiger partial charge in [-0.25, -0.2) is 9.59 Å². The average molecular weight is 338 g/mol. The smallest absolute Gasteiger partial charge is 0.339 e. The number of hydrogen-bond donors (Lipinski definition) is 0. The van der Waals surface area contributed by atoms with E-state index in [-0.39, 0.29) is 11.1 Å². The molecule has 2 aromatic carbocycles. The van der Waals surface area contributed by atoms with E-state index in [1.807, 2.05) is 30.3 Å². The van der Waals surface area contributed by atoms with Crippen LogP contribution >= 0.6 is 0 Å². The molecule has 1 aliphatic rings. The molecule has 0 atom stereocenters. The zero-order valence-electron chi connectivity index (χ0n) is 14.4. The fraction of sp³-hybridized carbons (Fsp3) is 0.333. The summed E-state index contributed by atoms with van der Waals surface area (Å²) in [5, 5.41) is 0. The molecular formula is C21H22O4. The van der Waals surface area contributed by atoms with Crippen molar-refractivity contribution in [3.8, 4) is 0 Å². The van der Waals surface area contributed by atoms with E-state index in [0.717, 1.165) is 37.7 Å². The number of rotatable bonds is 4. The molecule has 0 heterocycles. The molecule has 1 aliphatic carbocycles. The molecule has 3 rings (SSSR count). The van der Waals surface area contributed by atoms with Crippen LogP contribution in [-0.2, 0) is 15.1 Å². The van der Waals surface area contributed by atoms with Gasteiger partial charge >= 0.3 is 11.9 Å². The lowest BCUT2D eigenvalue weighted by Crippen LogP contribution is -2.35. The van der Waals surface area contributed by atoms with E-state index in [9.17, 15) is 9.59 Å². The van der Waals surface area contributed by atoms with Crippen LogP contribution in [0.1, 0.15) is 58.4 Å². The highest BCUT2D eigenvalue weighted by molar-refractivity contribution is 6.03. The van der Waals surface area contributed by atoms with Gasteiger partial charge in [-0.1, -0.05) is 48.9 Å². The van der Waals surface area contributed by atoms with Gasteiger partial charge in [0.1, 0.15) is 5.60 Å². The number of methoxy groups -OCH3 is 1. The third-order valence-electron chi connectivity index (χ3n) is 4.80. The molecule has 0 unspecified atom stereocenters. The number of benzene rings is 2. The maximum atomic E-state index is 12.9. The highest BCUT2D eigenvalue weighted by Crippen LogP contribution is 2.41. The fourth-order valence-corrected chi connectivity index (χ4v) is 3.50. The first-order valence-electron chi connectivity index (χ1n) is 8.62. The monoisotopic (exact) mass is 338 g/mol. The number of ether oxygens (including phenoxy) is 2. The zero-order chi connectivity index (χ0) is 17.7. The van der Waals surface area contributed by atoms with E-state index in [1.165, 1.54) is 7.11 Å². The first-order chi connectivity index (χ1) is 12.2. The van der Waals surface area contributed by atoms with Crippen molar-refractivity contribution in [2.45, 2.75) is 37.7 Å². The molecule has 130 valence electrons. The molecule has 0 aromatic heterocycles. The highest BCUT2D eigenvalue weighted by Gasteiger charge is 2.38. The van der Waals surface area contributed by atoms with Crippen molar-refractivity contribution in [1.82, 2.24) is 0 Å². The minimum atomic E-state index is -0.625. The van der Waals surface area contributed by atoms with E-state index in [4.69, 9.17) is 9.47 Å². The van der Waals surface area contributed by atoms with E-state index < -0.39 is 17.5 Å². The summed E-state index contributed by atoms with van der Waals surface area (Å²) in [6, 6.07) is 16.5. The molecule has 0 amide bonds. The summed E-state index contributed by atoms with van der Waals surface area (Å²) in [5.41, 5.74) is 0.864. The normalized spacial score (nSPS) is 16.0. The molecular weight excluding hydrogens is 316 g/mol. The Bertz CT molecular complexity index is 746. The molecule has 0 bridgehead atoms. The van der Waals surface area contributed by atoms with Crippen LogP contribution < -0.4 is 0 Å². The Morgan fingerprint density at radius 2 is 1.36 bits per heavy atom. The standard InChI is InChI=1S/C21H22O4/c1-24-19(22)17-12-6-7-13-18(17)20(23)25-21(14-8-3-9-15-21)16-10-4-2-5-11-16/h2,4-7,10-13H,3,8-9,14-15H2,1H3. The lowest BCUT2D eigenvalue weighted by atomic mass is 9.79. The average Bonchev–Trinajstić information content (AvgIpc) is 2.68. The quantitative estimate of drug-likeness (QED) is 0.771. The lowest BCUT2D eigenvalue weighted by Gasteiger charge is -2.37. The Morgan fingerprint density at radius 3 is 1.96 bits per heavy atom. The van der Waals surface area contributed by atoms with Gasteiger partial charge in [0.2, 0.25) is 0 Å². The molecule has 4 heteroatoms. The van der Waals surface area contributed by atoms with Crippen molar-refractivity contribution in [2.75, 3.05) is 7.11 Å². The molecule has 0 saturated heterocycles. The molecule has 1 saturated carbocycles. The van der Waals surface area contributed by atoms with Crippen LogP contribution in [0.4, 0.5) is 0 Å². The zero-order valence-corrected chi connectivity index (χ0v) is 14.4. The second-order valence-electron chi connectivity index (χ2n) is 6.35. The number of hydrogen-bond acceptors (Lipinski definition) is 4. The maximum absolute atomic E-state index is 12.9. The number of esters is 2. The molecule has 0 aliphatic heterocycles. The van der Waals surface area contributed by atoms with Gasteiger partial charge in [0.15, 0.2) is 0 Å². The van der Waals surface area contributed by atoms with Gasteiger partial charge in [0.25, 0.3) is 0 Å². The maximum Gasteiger partial charge on any atom is 0.339 e. The molecule has 4 nitrogen and oxygen atoms in total. The van der Waals surface area contributed by atoms with Crippen LogP contribution in [0.2, 0.25) is 0 Å². The van der Waals surface area contributed by atoms with Gasteiger partial charge in [-0.05, 0) is 43.4 Å². The summed E-state index contributed by atoms with van der Waals surface area (Å²) < 4.78 is 10.8. The largest absolute Gasteiger partial charge is 0.465 e. The van der Waals surface area contributed by atoms with Crippen LogP contribution in [-0.4, -0.2) is 19.0 Å². The fourth-order valence-electron chi connectivity index (χ4n) is 3.50. The van der Waals surface area contributed by atoms with Gasteiger partial charge in [-0.2, -0.15) is 0 Å². The Morgan fingerprint density at radius 1 is 0.800 bits per heavy atom. The first kappa shape index (κ1) is 17.2. The van der Waals surface area contributed by atoms with Crippen LogP contribution in [0.15, 0.2) is 54.6 Å². The summed E-state index contributed by atoms with van der Waals surface area (Å²) in [5.74, 6) is -1.02. The topological polar surface area (TPSA) is 52.6 Å². The molecule has 2 aromatic rings. The summed E-state index contributed by atoms with van der Waals surface area (Å²) in [4.78, 5) is 24.9. The Labute approximate surface area is 147 Å². The molecule has 0 N–H and O–H groups in total. The van der Waals surface area contributed by atoms with Crippen molar-refractivity contribution in [3.05, 3.63) is 71.3 Å². The van der Waals surface area contributed by atoms with Crippen LogP contribution in [0, 0.1) is 0 Å². The third kappa shape index (κ3) is 3.58. The predicted octanol–water partition coefficient (Wildman–Crippen LogP) is 4.49. The van der Waals surface area contributed by atoms with E-state index in [1.54, 1.807) is 24.3 Å². The molecule has 0 spiro atoms. The van der Waals surface area contributed by atoms with E-state index in [2.05, 4.69) is 0 Å². The second-order valence-corrected chi connectivity index (χ2v) is 6.35.